The van der Waals surface area contributed by atoms with E-state index in [2.05, 4.69) is 0 Å². The van der Waals surface area contributed by atoms with E-state index in [9.17, 15) is 13.6 Å². The summed E-state index contributed by atoms with van der Waals surface area (Å²) in [4.78, 5) is 10.6. The molecule has 15 heavy (non-hydrogen) atoms. The zero-order valence-electron chi connectivity index (χ0n) is 7.83. The number of carbonyl (C=O) groups is 1. The van der Waals surface area contributed by atoms with Crippen LogP contribution in [0.3, 0.4) is 0 Å². The number of carboxylic acids is 1. The first-order valence-corrected chi connectivity index (χ1v) is 3.98. The van der Waals surface area contributed by atoms with E-state index in [-0.39, 0.29) is 11.3 Å². The number of benzene rings is 1. The molecule has 6 heteroatoms. The fourth-order valence-corrected chi connectivity index (χ4v) is 1.10. The maximum absolute atomic E-state index is 12.8. The van der Waals surface area contributed by atoms with E-state index in [4.69, 9.17) is 15.6 Å². The van der Waals surface area contributed by atoms with Gasteiger partial charge >= 0.3 is 5.97 Å². The zero-order valence-corrected chi connectivity index (χ0v) is 7.83. The number of hydrogen-bond donors (Lipinski definition) is 2. The van der Waals surface area contributed by atoms with Crippen LogP contribution < -0.4 is 10.5 Å². The van der Waals surface area contributed by atoms with E-state index in [0.29, 0.717) is 6.07 Å². The average molecular weight is 217 g/mol. The quantitative estimate of drug-likeness (QED) is 0.793. The molecule has 0 bridgehead atoms. The molecule has 1 rings (SSSR count). The molecule has 0 aliphatic heterocycles. The highest BCUT2D eigenvalue weighted by Crippen LogP contribution is 2.26. The molecule has 0 unspecified atom stereocenters. The van der Waals surface area contributed by atoms with Gasteiger partial charge in [0.05, 0.1) is 7.11 Å². The molecule has 0 fully saturated rings. The Balaban J connectivity index is 3.27. The van der Waals surface area contributed by atoms with Crippen molar-refractivity contribution in [3.63, 3.8) is 0 Å². The largest absolute Gasteiger partial charge is 0.496 e. The lowest BCUT2D eigenvalue weighted by atomic mass is 10.1. The molecule has 4 nitrogen and oxygen atoms in total. The van der Waals surface area contributed by atoms with Gasteiger partial charge in [0.1, 0.15) is 11.8 Å². The summed E-state index contributed by atoms with van der Waals surface area (Å²) in [6.07, 6.45) is 0. The second-order valence-corrected chi connectivity index (χ2v) is 2.82. The fraction of sp³-hybridized carbons (Fsp3) is 0.222. The second-order valence-electron chi connectivity index (χ2n) is 2.82. The average Bonchev–Trinajstić information content (AvgIpc) is 2.20. The molecule has 1 aromatic carbocycles. The van der Waals surface area contributed by atoms with Crippen molar-refractivity contribution < 1.29 is 23.4 Å². The summed E-state index contributed by atoms with van der Waals surface area (Å²) in [5, 5.41) is 8.62. The fourth-order valence-electron chi connectivity index (χ4n) is 1.10. The number of carboxylic acid groups (broad SMARTS) is 1. The van der Waals surface area contributed by atoms with Crippen LogP contribution in [0.25, 0.3) is 0 Å². The predicted molar refractivity (Wildman–Crippen MR) is 47.5 cm³/mol. The minimum absolute atomic E-state index is 0.0937. The number of methoxy groups -OCH3 is 1. The highest BCUT2D eigenvalue weighted by Gasteiger charge is 2.21. The maximum atomic E-state index is 12.8. The van der Waals surface area contributed by atoms with Gasteiger partial charge in [-0.05, 0) is 6.07 Å². The molecule has 0 amide bonds. The standard InChI is InChI=1S/C9H9F2NO3/c1-15-7-3-6(11)5(10)2-4(7)8(12)9(13)14/h2-3,8H,12H2,1H3,(H,13,14)/t8-/m0/s1. The molecular formula is C9H9F2NO3. The third-order valence-corrected chi connectivity index (χ3v) is 1.87. The first-order chi connectivity index (χ1) is 6.97. The van der Waals surface area contributed by atoms with Crippen LogP contribution in [0.1, 0.15) is 11.6 Å². The van der Waals surface area contributed by atoms with E-state index in [0.717, 1.165) is 6.07 Å². The SMILES string of the molecule is COc1cc(F)c(F)cc1[C@H](N)C(=O)O. The molecule has 0 aliphatic rings. The summed E-state index contributed by atoms with van der Waals surface area (Å²) < 4.78 is 30.3. The minimum atomic E-state index is -1.45. The molecule has 0 radical (unpaired) electrons. The molecule has 1 atom stereocenters. The Morgan fingerprint density at radius 3 is 2.47 bits per heavy atom. The van der Waals surface area contributed by atoms with Gasteiger partial charge in [0.25, 0.3) is 0 Å². The van der Waals surface area contributed by atoms with Gasteiger partial charge in [0, 0.05) is 11.6 Å². The van der Waals surface area contributed by atoms with E-state index in [1.807, 2.05) is 0 Å². The topological polar surface area (TPSA) is 72.5 Å². The van der Waals surface area contributed by atoms with Gasteiger partial charge in [0.15, 0.2) is 11.6 Å². The van der Waals surface area contributed by atoms with Crippen LogP contribution in [0, 0.1) is 11.6 Å². The third-order valence-electron chi connectivity index (χ3n) is 1.87. The summed E-state index contributed by atoms with van der Waals surface area (Å²) in [6, 6.07) is 0.0236. The number of hydrogen-bond acceptors (Lipinski definition) is 3. The first-order valence-electron chi connectivity index (χ1n) is 3.98. The van der Waals surface area contributed by atoms with Crippen molar-refractivity contribution in [3.8, 4) is 5.75 Å². The summed E-state index contributed by atoms with van der Waals surface area (Å²) in [5.41, 5.74) is 5.16. The normalized spacial score (nSPS) is 12.3. The summed E-state index contributed by atoms with van der Waals surface area (Å²) in [6.45, 7) is 0. The second kappa shape index (κ2) is 4.22. The Morgan fingerprint density at radius 2 is 2.00 bits per heavy atom. The molecule has 0 aromatic heterocycles. The van der Waals surface area contributed by atoms with Crippen LogP contribution in [0.2, 0.25) is 0 Å². The molecular weight excluding hydrogens is 208 g/mol. The van der Waals surface area contributed by atoms with Crippen LogP contribution in [-0.2, 0) is 4.79 Å². The van der Waals surface area contributed by atoms with Crippen molar-refractivity contribution in [2.75, 3.05) is 7.11 Å². The summed E-state index contributed by atoms with van der Waals surface area (Å²) >= 11 is 0. The Bertz CT molecular complexity index is 395. The lowest BCUT2D eigenvalue weighted by Crippen LogP contribution is -2.21. The van der Waals surface area contributed by atoms with Crippen LogP contribution in [0.15, 0.2) is 12.1 Å². The molecule has 0 saturated heterocycles. The van der Waals surface area contributed by atoms with Crippen LogP contribution in [0.4, 0.5) is 8.78 Å². The Hall–Kier alpha value is -1.69. The van der Waals surface area contributed by atoms with E-state index >= 15 is 0 Å². The Kier molecular flexibility index (Phi) is 3.21. The maximum Gasteiger partial charge on any atom is 0.325 e. The van der Waals surface area contributed by atoms with Crippen molar-refractivity contribution >= 4 is 5.97 Å². The molecule has 82 valence electrons. The summed E-state index contributed by atoms with van der Waals surface area (Å²) in [7, 11) is 1.21. The molecule has 3 N–H and O–H groups in total. The van der Waals surface area contributed by atoms with Gasteiger partial charge in [-0.15, -0.1) is 0 Å². The van der Waals surface area contributed by atoms with E-state index in [1.54, 1.807) is 0 Å². The van der Waals surface area contributed by atoms with Gasteiger partial charge in [-0.3, -0.25) is 4.79 Å². The van der Waals surface area contributed by atoms with E-state index < -0.39 is 23.6 Å². The van der Waals surface area contributed by atoms with Crippen LogP contribution in [-0.4, -0.2) is 18.2 Å². The first kappa shape index (κ1) is 11.4. The number of nitrogens with two attached hydrogens (primary N) is 1. The number of halogens is 2. The van der Waals surface area contributed by atoms with E-state index in [1.165, 1.54) is 7.11 Å². The number of ether oxygens (including phenoxy) is 1. The molecule has 0 aliphatic carbocycles. The molecule has 0 saturated carbocycles. The van der Waals surface area contributed by atoms with Gasteiger partial charge in [-0.1, -0.05) is 0 Å². The van der Waals surface area contributed by atoms with Crippen molar-refractivity contribution in [1.29, 1.82) is 0 Å². The predicted octanol–water partition coefficient (Wildman–Crippen LogP) is 1.06. The smallest absolute Gasteiger partial charge is 0.325 e. The van der Waals surface area contributed by atoms with Gasteiger partial charge in [-0.2, -0.15) is 0 Å². The third kappa shape index (κ3) is 2.21. The van der Waals surface area contributed by atoms with Crippen molar-refractivity contribution in [2.24, 2.45) is 5.73 Å². The minimum Gasteiger partial charge on any atom is -0.496 e. The molecule has 0 heterocycles. The summed E-state index contributed by atoms with van der Waals surface area (Å²) in [5.74, 6) is -3.72. The molecule has 1 aromatic rings. The highest BCUT2D eigenvalue weighted by atomic mass is 19.2. The van der Waals surface area contributed by atoms with Gasteiger partial charge in [-0.25, -0.2) is 8.78 Å². The Morgan fingerprint density at radius 1 is 1.47 bits per heavy atom. The van der Waals surface area contributed by atoms with Crippen molar-refractivity contribution in [2.45, 2.75) is 6.04 Å². The number of rotatable bonds is 3. The Labute approximate surface area is 84.3 Å². The number of aliphatic carboxylic acids is 1. The van der Waals surface area contributed by atoms with Crippen LogP contribution >= 0.6 is 0 Å². The van der Waals surface area contributed by atoms with Crippen LogP contribution in [0.5, 0.6) is 5.75 Å². The lowest BCUT2D eigenvalue weighted by molar-refractivity contribution is -0.138. The van der Waals surface area contributed by atoms with Gasteiger partial charge in [0.2, 0.25) is 0 Å². The highest BCUT2D eigenvalue weighted by molar-refractivity contribution is 5.76. The van der Waals surface area contributed by atoms with Gasteiger partial charge < -0.3 is 15.6 Å². The van der Waals surface area contributed by atoms with Crippen molar-refractivity contribution in [3.05, 3.63) is 29.3 Å². The zero-order chi connectivity index (χ0) is 11.6. The van der Waals surface area contributed by atoms with Crippen molar-refractivity contribution in [1.82, 2.24) is 0 Å². The molecule has 0 spiro atoms. The monoisotopic (exact) mass is 217 g/mol. The lowest BCUT2D eigenvalue weighted by Gasteiger charge is -2.12.